The molecule has 1 saturated heterocycles. The molecule has 0 saturated carbocycles. The zero-order valence-electron chi connectivity index (χ0n) is 8.93. The molecule has 1 nitrogen and oxygen atoms in total. The fourth-order valence-corrected chi connectivity index (χ4v) is 2.33. The average molecular weight is 246 g/mol. The summed E-state index contributed by atoms with van der Waals surface area (Å²) >= 11 is 5.79. The summed E-state index contributed by atoms with van der Waals surface area (Å²) in [6, 6.07) is 4.08. The van der Waals surface area contributed by atoms with Gasteiger partial charge in [-0.25, -0.2) is 8.78 Å². The zero-order chi connectivity index (χ0) is 11.5. The van der Waals surface area contributed by atoms with Gasteiger partial charge in [0.2, 0.25) is 0 Å². The highest BCUT2D eigenvalue weighted by Crippen LogP contribution is 2.20. The van der Waals surface area contributed by atoms with Crippen molar-refractivity contribution >= 4 is 11.6 Å². The van der Waals surface area contributed by atoms with E-state index in [9.17, 15) is 8.78 Å². The second-order valence-corrected chi connectivity index (χ2v) is 4.60. The van der Waals surface area contributed by atoms with Gasteiger partial charge in [0, 0.05) is 19.0 Å². The van der Waals surface area contributed by atoms with Crippen LogP contribution in [0.5, 0.6) is 0 Å². The molecule has 2 rings (SSSR count). The molecule has 0 N–H and O–H groups in total. The smallest absolute Gasteiger partial charge is 0.159 e. The monoisotopic (exact) mass is 245 g/mol. The van der Waals surface area contributed by atoms with Crippen LogP contribution in [0.15, 0.2) is 18.2 Å². The van der Waals surface area contributed by atoms with E-state index in [2.05, 4.69) is 4.90 Å². The van der Waals surface area contributed by atoms with E-state index in [1.54, 1.807) is 6.07 Å². The number of hydrogen-bond donors (Lipinski definition) is 0. The van der Waals surface area contributed by atoms with E-state index in [0.717, 1.165) is 25.1 Å². The molecule has 1 aliphatic rings. The van der Waals surface area contributed by atoms with E-state index in [1.165, 1.54) is 12.1 Å². The number of nitrogens with zero attached hydrogens (tertiary/aromatic N) is 1. The third-order valence-electron chi connectivity index (χ3n) is 2.98. The van der Waals surface area contributed by atoms with Crippen LogP contribution in [0, 0.1) is 17.6 Å². The topological polar surface area (TPSA) is 3.24 Å². The number of benzene rings is 1. The summed E-state index contributed by atoms with van der Waals surface area (Å²) in [6.45, 7) is 2.60. The van der Waals surface area contributed by atoms with Gasteiger partial charge in [0.1, 0.15) is 0 Å². The first-order valence-electron chi connectivity index (χ1n) is 5.41. The van der Waals surface area contributed by atoms with Crippen molar-refractivity contribution in [1.82, 2.24) is 4.90 Å². The Morgan fingerprint density at radius 1 is 1.31 bits per heavy atom. The van der Waals surface area contributed by atoms with Gasteiger partial charge in [0.15, 0.2) is 11.6 Å². The van der Waals surface area contributed by atoms with Crippen LogP contribution in [0.25, 0.3) is 0 Å². The highest BCUT2D eigenvalue weighted by atomic mass is 35.5. The Bertz CT molecular complexity index is 370. The maximum Gasteiger partial charge on any atom is 0.159 e. The van der Waals surface area contributed by atoms with Crippen molar-refractivity contribution in [2.45, 2.75) is 13.0 Å². The summed E-state index contributed by atoms with van der Waals surface area (Å²) in [6.07, 6.45) is 1.09. The largest absolute Gasteiger partial charge is 0.299 e. The average Bonchev–Trinajstić information content (AvgIpc) is 2.71. The van der Waals surface area contributed by atoms with Gasteiger partial charge in [-0.3, -0.25) is 4.90 Å². The van der Waals surface area contributed by atoms with Crippen LogP contribution in [0.3, 0.4) is 0 Å². The summed E-state index contributed by atoms with van der Waals surface area (Å²) in [7, 11) is 0. The third-order valence-corrected chi connectivity index (χ3v) is 3.41. The zero-order valence-corrected chi connectivity index (χ0v) is 9.68. The van der Waals surface area contributed by atoms with Crippen molar-refractivity contribution in [2.75, 3.05) is 19.0 Å². The molecule has 4 heteroatoms. The molecule has 0 amide bonds. The van der Waals surface area contributed by atoms with Crippen molar-refractivity contribution in [3.05, 3.63) is 35.4 Å². The molecule has 1 atom stereocenters. The summed E-state index contributed by atoms with van der Waals surface area (Å²) < 4.78 is 25.7. The van der Waals surface area contributed by atoms with Crippen LogP contribution in [-0.4, -0.2) is 23.9 Å². The van der Waals surface area contributed by atoms with Gasteiger partial charge in [0.25, 0.3) is 0 Å². The van der Waals surface area contributed by atoms with Crippen molar-refractivity contribution in [2.24, 2.45) is 5.92 Å². The Balaban J connectivity index is 1.97. The van der Waals surface area contributed by atoms with E-state index in [0.29, 0.717) is 18.3 Å². The van der Waals surface area contributed by atoms with Gasteiger partial charge in [-0.15, -0.1) is 11.6 Å². The molecule has 0 spiro atoms. The summed E-state index contributed by atoms with van der Waals surface area (Å²) in [5.74, 6) is -0.352. The molecule has 1 aromatic carbocycles. The van der Waals surface area contributed by atoms with Gasteiger partial charge >= 0.3 is 0 Å². The third kappa shape index (κ3) is 2.71. The first-order valence-corrected chi connectivity index (χ1v) is 5.94. The molecule has 0 bridgehead atoms. The van der Waals surface area contributed by atoms with Crippen LogP contribution in [0.4, 0.5) is 8.78 Å². The molecule has 1 heterocycles. The molecule has 0 aliphatic carbocycles. The molecule has 1 unspecified atom stereocenters. The van der Waals surface area contributed by atoms with Crippen molar-refractivity contribution < 1.29 is 8.78 Å². The summed E-state index contributed by atoms with van der Waals surface area (Å²) in [5.41, 5.74) is 0.814. The Morgan fingerprint density at radius 3 is 2.75 bits per heavy atom. The molecule has 1 aliphatic heterocycles. The first-order chi connectivity index (χ1) is 7.69. The predicted octanol–water partition coefficient (Wildman–Crippen LogP) is 3.03. The van der Waals surface area contributed by atoms with Crippen LogP contribution in [0.1, 0.15) is 12.0 Å². The molecule has 0 radical (unpaired) electrons. The quantitative estimate of drug-likeness (QED) is 0.740. The van der Waals surface area contributed by atoms with Gasteiger partial charge in [-0.2, -0.15) is 0 Å². The summed E-state index contributed by atoms with van der Waals surface area (Å²) in [4.78, 5) is 2.22. The van der Waals surface area contributed by atoms with Crippen LogP contribution >= 0.6 is 11.6 Å². The lowest BCUT2D eigenvalue weighted by Gasteiger charge is -2.15. The maximum atomic E-state index is 13.0. The van der Waals surface area contributed by atoms with Crippen molar-refractivity contribution in [3.8, 4) is 0 Å². The van der Waals surface area contributed by atoms with Gasteiger partial charge in [0.05, 0.1) is 0 Å². The fourth-order valence-electron chi connectivity index (χ4n) is 2.08. The molecular formula is C12H14ClF2N. The molecule has 0 aromatic heterocycles. The predicted molar refractivity (Wildman–Crippen MR) is 60.5 cm³/mol. The molecule has 16 heavy (non-hydrogen) atoms. The lowest BCUT2D eigenvalue weighted by molar-refractivity contribution is 0.320. The van der Waals surface area contributed by atoms with E-state index in [4.69, 9.17) is 11.6 Å². The lowest BCUT2D eigenvalue weighted by Crippen LogP contribution is -2.20. The molecule has 1 fully saturated rings. The normalized spacial score (nSPS) is 21.6. The minimum atomic E-state index is -0.788. The number of rotatable bonds is 3. The Hall–Kier alpha value is -0.670. The van der Waals surface area contributed by atoms with Crippen molar-refractivity contribution in [3.63, 3.8) is 0 Å². The van der Waals surface area contributed by atoms with E-state index >= 15 is 0 Å². The van der Waals surface area contributed by atoms with Gasteiger partial charge in [-0.1, -0.05) is 6.07 Å². The Kier molecular flexibility index (Phi) is 3.77. The van der Waals surface area contributed by atoms with E-state index in [1.807, 2.05) is 0 Å². The van der Waals surface area contributed by atoms with Crippen LogP contribution in [-0.2, 0) is 6.54 Å². The highest BCUT2D eigenvalue weighted by Gasteiger charge is 2.21. The number of halogens is 3. The van der Waals surface area contributed by atoms with Crippen LogP contribution < -0.4 is 0 Å². The maximum absolute atomic E-state index is 13.0. The standard InChI is InChI=1S/C12H14ClF2N/c13-6-10-3-4-16(8-10)7-9-1-2-11(14)12(15)5-9/h1-2,5,10H,3-4,6-8H2. The first kappa shape index (κ1) is 11.8. The van der Waals surface area contributed by atoms with Gasteiger partial charge < -0.3 is 0 Å². The van der Waals surface area contributed by atoms with Gasteiger partial charge in [-0.05, 0) is 36.6 Å². The second kappa shape index (κ2) is 5.11. The SMILES string of the molecule is Fc1ccc(CN2CCC(CCl)C2)cc1F. The fraction of sp³-hybridized carbons (Fsp3) is 0.500. The molecular weight excluding hydrogens is 232 g/mol. The van der Waals surface area contributed by atoms with Crippen LogP contribution in [0.2, 0.25) is 0 Å². The highest BCUT2D eigenvalue weighted by molar-refractivity contribution is 6.18. The Labute approximate surface area is 99.0 Å². The number of likely N-dealkylation sites (tertiary alicyclic amines) is 1. The van der Waals surface area contributed by atoms with E-state index < -0.39 is 11.6 Å². The van der Waals surface area contributed by atoms with E-state index in [-0.39, 0.29) is 0 Å². The minimum absolute atomic E-state index is 0.534. The summed E-state index contributed by atoms with van der Waals surface area (Å²) in [5, 5.41) is 0. The Morgan fingerprint density at radius 2 is 2.12 bits per heavy atom. The lowest BCUT2D eigenvalue weighted by atomic mass is 10.1. The minimum Gasteiger partial charge on any atom is -0.299 e. The second-order valence-electron chi connectivity index (χ2n) is 4.29. The molecule has 1 aromatic rings. The van der Waals surface area contributed by atoms with Crippen molar-refractivity contribution in [1.29, 1.82) is 0 Å². The number of alkyl halides is 1. The molecule has 88 valence electrons. The number of hydrogen-bond acceptors (Lipinski definition) is 1.